The molecule has 2 aliphatic heterocycles. The number of anilines is 1. The maximum atomic E-state index is 14.8. The molecule has 2 fully saturated rings. The number of hydrogen-bond donors (Lipinski definition) is 2. The van der Waals surface area contributed by atoms with Crippen molar-refractivity contribution in [3.63, 3.8) is 0 Å². The van der Waals surface area contributed by atoms with Crippen molar-refractivity contribution in [2.75, 3.05) is 11.9 Å². The minimum Gasteiger partial charge on any atom is -0.348 e. The summed E-state index contributed by atoms with van der Waals surface area (Å²) in [5.41, 5.74) is 0.736. The molecule has 6 rings (SSSR count). The molecule has 2 aliphatic rings. The summed E-state index contributed by atoms with van der Waals surface area (Å²) in [6.45, 7) is 0. The molecule has 2 bridgehead atoms. The molecule has 2 saturated heterocycles. The molecule has 0 radical (unpaired) electrons. The molecule has 0 saturated carbocycles. The van der Waals surface area contributed by atoms with E-state index in [-0.39, 0.29) is 11.1 Å². The van der Waals surface area contributed by atoms with E-state index in [4.69, 9.17) is 4.98 Å². The van der Waals surface area contributed by atoms with Crippen molar-refractivity contribution in [1.82, 2.24) is 25.3 Å². The number of benzene rings is 1. The van der Waals surface area contributed by atoms with Gasteiger partial charge in [0.15, 0.2) is 14.8 Å². The van der Waals surface area contributed by atoms with Gasteiger partial charge >= 0.3 is 0 Å². The lowest BCUT2D eigenvalue weighted by molar-refractivity contribution is 0.354. The number of aromatic nitrogens is 4. The summed E-state index contributed by atoms with van der Waals surface area (Å²) >= 11 is 2.81. The van der Waals surface area contributed by atoms with Crippen molar-refractivity contribution in [3.8, 4) is 21.8 Å². The van der Waals surface area contributed by atoms with Gasteiger partial charge in [0.05, 0.1) is 18.2 Å². The fraction of sp³-hybridized carbons (Fsp3) is 0.381. The average molecular weight is 459 g/mol. The molecule has 160 valence electrons. The van der Waals surface area contributed by atoms with E-state index < -0.39 is 11.6 Å². The normalized spacial score (nSPS) is 23.0. The number of nitrogens with one attached hydrogen (secondary N) is 2. The number of thiazole rings is 2. The molecule has 3 aromatic heterocycles. The molecule has 1 aromatic carbocycles. The van der Waals surface area contributed by atoms with Crippen LogP contribution < -0.4 is 10.2 Å². The second-order valence-corrected chi connectivity index (χ2v) is 10.2. The maximum absolute atomic E-state index is 14.8. The standard InChI is InChI=1S/C21H20F2N6S2/c1-29(12-4-10-2-3-11(5-12)26-10)21-28-20-19(31-21)27-18(30-20)14-7-15(22)13(6-16(14)23)17-8-24-9-25-17/h6-12,26H,2-5H2,1H3,(H,24,25)/t10-,11+,12?. The van der Waals surface area contributed by atoms with E-state index >= 15 is 0 Å². The SMILES string of the molecule is CN(c1nc2sc(-c3cc(F)c(-c4cnc[nH]4)cc3F)nc2s1)C1C[C@H]2CC[C@@H](C1)N2. The van der Waals surface area contributed by atoms with Gasteiger partial charge in [0.2, 0.25) is 0 Å². The van der Waals surface area contributed by atoms with Gasteiger partial charge in [-0.15, -0.1) is 0 Å². The van der Waals surface area contributed by atoms with Crippen LogP contribution in [0.5, 0.6) is 0 Å². The van der Waals surface area contributed by atoms with Crippen LogP contribution in [0.4, 0.5) is 13.9 Å². The van der Waals surface area contributed by atoms with Crippen LogP contribution in [0.15, 0.2) is 24.7 Å². The Morgan fingerprint density at radius 3 is 2.42 bits per heavy atom. The molecule has 10 heteroatoms. The van der Waals surface area contributed by atoms with Crippen LogP contribution in [-0.2, 0) is 0 Å². The number of halogens is 2. The van der Waals surface area contributed by atoms with E-state index in [1.807, 2.05) is 0 Å². The van der Waals surface area contributed by atoms with Gasteiger partial charge in [-0.25, -0.2) is 23.7 Å². The Morgan fingerprint density at radius 2 is 1.71 bits per heavy atom. The Morgan fingerprint density at radius 1 is 1.00 bits per heavy atom. The lowest BCUT2D eigenvalue weighted by Crippen LogP contribution is -2.47. The van der Waals surface area contributed by atoms with Crippen LogP contribution in [0, 0.1) is 11.6 Å². The lowest BCUT2D eigenvalue weighted by Gasteiger charge is -2.35. The predicted molar refractivity (Wildman–Crippen MR) is 120 cm³/mol. The summed E-state index contributed by atoms with van der Waals surface area (Å²) in [6.07, 6.45) is 7.68. The molecule has 1 unspecified atom stereocenters. The van der Waals surface area contributed by atoms with Crippen molar-refractivity contribution in [1.29, 1.82) is 0 Å². The highest BCUT2D eigenvalue weighted by Gasteiger charge is 2.36. The number of fused-ring (bicyclic) bond motifs is 3. The van der Waals surface area contributed by atoms with E-state index in [2.05, 4.69) is 32.2 Å². The van der Waals surface area contributed by atoms with Gasteiger partial charge in [0, 0.05) is 36.3 Å². The molecule has 6 nitrogen and oxygen atoms in total. The van der Waals surface area contributed by atoms with Gasteiger partial charge in [-0.1, -0.05) is 22.7 Å². The van der Waals surface area contributed by atoms with Crippen LogP contribution in [0.1, 0.15) is 25.7 Å². The summed E-state index contributed by atoms with van der Waals surface area (Å²) in [6, 6.07) is 4.08. The summed E-state index contributed by atoms with van der Waals surface area (Å²) in [5, 5.41) is 5.05. The number of imidazole rings is 1. The Kier molecular flexibility index (Phi) is 4.55. The molecular formula is C21H20F2N6S2. The zero-order chi connectivity index (χ0) is 21.1. The first-order valence-electron chi connectivity index (χ1n) is 10.3. The smallest absolute Gasteiger partial charge is 0.188 e. The Bertz CT molecular complexity index is 1210. The van der Waals surface area contributed by atoms with E-state index in [9.17, 15) is 8.78 Å². The number of H-pyrrole nitrogens is 1. The van der Waals surface area contributed by atoms with E-state index in [0.717, 1.165) is 27.6 Å². The molecule has 0 aliphatic carbocycles. The minimum atomic E-state index is -0.520. The zero-order valence-electron chi connectivity index (χ0n) is 16.7. The number of hydrogen-bond acceptors (Lipinski definition) is 7. The summed E-state index contributed by atoms with van der Waals surface area (Å²) in [4.78, 5) is 19.8. The van der Waals surface area contributed by atoms with Gasteiger partial charge in [-0.2, -0.15) is 0 Å². The number of rotatable bonds is 4. The van der Waals surface area contributed by atoms with Crippen molar-refractivity contribution in [2.45, 2.75) is 43.8 Å². The molecule has 5 heterocycles. The van der Waals surface area contributed by atoms with Crippen molar-refractivity contribution >= 4 is 37.5 Å². The molecule has 0 amide bonds. The first kappa shape index (κ1) is 19.3. The molecule has 0 spiro atoms. The summed E-state index contributed by atoms with van der Waals surface area (Å²) < 4.78 is 29.4. The van der Waals surface area contributed by atoms with Gasteiger partial charge in [-0.3, -0.25) is 0 Å². The van der Waals surface area contributed by atoms with Crippen LogP contribution in [0.25, 0.3) is 31.5 Å². The topological polar surface area (TPSA) is 69.7 Å². The van der Waals surface area contributed by atoms with Gasteiger partial charge in [0.25, 0.3) is 0 Å². The fourth-order valence-corrected chi connectivity index (χ4v) is 6.81. The monoisotopic (exact) mass is 458 g/mol. The van der Waals surface area contributed by atoms with Crippen LogP contribution >= 0.6 is 22.7 Å². The molecular weight excluding hydrogens is 438 g/mol. The Hall–Kier alpha value is -2.43. The van der Waals surface area contributed by atoms with E-state index in [0.29, 0.717) is 28.8 Å². The second kappa shape index (κ2) is 7.32. The number of piperidine rings is 1. The lowest BCUT2D eigenvalue weighted by atomic mass is 9.99. The van der Waals surface area contributed by atoms with Crippen molar-refractivity contribution in [2.24, 2.45) is 0 Å². The fourth-order valence-electron chi connectivity index (χ4n) is 4.72. The van der Waals surface area contributed by atoms with E-state index in [1.54, 1.807) is 0 Å². The second-order valence-electron chi connectivity index (χ2n) is 8.28. The number of nitrogens with zero attached hydrogens (tertiary/aromatic N) is 4. The molecule has 2 N–H and O–H groups in total. The molecule has 31 heavy (non-hydrogen) atoms. The third-order valence-corrected chi connectivity index (χ3v) is 8.49. The molecule has 4 aromatic rings. The summed E-state index contributed by atoms with van der Waals surface area (Å²) in [7, 11) is 2.10. The van der Waals surface area contributed by atoms with Crippen molar-refractivity contribution < 1.29 is 8.78 Å². The maximum Gasteiger partial charge on any atom is 0.188 e. The average Bonchev–Trinajstić information content (AvgIpc) is 3.53. The zero-order valence-corrected chi connectivity index (χ0v) is 18.4. The summed E-state index contributed by atoms with van der Waals surface area (Å²) in [5.74, 6) is -1.04. The van der Waals surface area contributed by atoms with Crippen molar-refractivity contribution in [3.05, 3.63) is 36.3 Å². The highest BCUT2D eigenvalue weighted by Crippen LogP contribution is 2.40. The third-order valence-electron chi connectivity index (χ3n) is 6.34. The van der Waals surface area contributed by atoms with Crippen LogP contribution in [0.3, 0.4) is 0 Å². The van der Waals surface area contributed by atoms with Gasteiger partial charge in [-0.05, 0) is 37.8 Å². The van der Waals surface area contributed by atoms with Crippen LogP contribution in [0.2, 0.25) is 0 Å². The highest BCUT2D eigenvalue weighted by molar-refractivity contribution is 7.29. The first-order valence-corrected chi connectivity index (χ1v) is 11.9. The Balaban J connectivity index is 1.28. The highest BCUT2D eigenvalue weighted by atomic mass is 32.1. The third kappa shape index (κ3) is 3.33. The predicted octanol–water partition coefficient (Wildman–Crippen LogP) is 4.81. The number of aromatic amines is 1. The Labute approximate surface area is 185 Å². The van der Waals surface area contributed by atoms with Gasteiger partial charge in [0.1, 0.15) is 16.6 Å². The van der Waals surface area contributed by atoms with Crippen LogP contribution in [-0.4, -0.2) is 45.1 Å². The first-order chi connectivity index (χ1) is 15.0. The quantitative estimate of drug-likeness (QED) is 0.459. The van der Waals surface area contributed by atoms with Gasteiger partial charge < -0.3 is 15.2 Å². The molecule has 3 atom stereocenters. The largest absolute Gasteiger partial charge is 0.348 e. The minimum absolute atomic E-state index is 0.148. The van der Waals surface area contributed by atoms with E-state index in [1.165, 1.54) is 60.2 Å².